The van der Waals surface area contributed by atoms with Crippen LogP contribution in [-0.4, -0.2) is 5.29 Å². The van der Waals surface area contributed by atoms with Crippen LogP contribution in [0.3, 0.4) is 0 Å². The summed E-state index contributed by atoms with van der Waals surface area (Å²) in [6.07, 6.45) is 0. The number of hydrogen-bond acceptors (Lipinski definition) is 2. The van der Waals surface area contributed by atoms with Crippen LogP contribution in [0.25, 0.3) is 0 Å². The van der Waals surface area contributed by atoms with Crippen molar-refractivity contribution in [1.82, 2.24) is 0 Å². The smallest absolute Gasteiger partial charge is 0.196 e. The molecule has 15 heavy (non-hydrogen) atoms. The average molecular weight is 223 g/mol. The van der Waals surface area contributed by atoms with Crippen LogP contribution in [-0.2, 0) is 12.0 Å². The molecule has 1 N–H and O–H groups in total. The van der Waals surface area contributed by atoms with Gasteiger partial charge < -0.3 is 5.32 Å². The molecule has 1 aromatic carbocycles. The van der Waals surface area contributed by atoms with Gasteiger partial charge in [-0.2, -0.15) is 0 Å². The monoisotopic (exact) mass is 222 g/mol. The van der Waals surface area contributed by atoms with E-state index < -0.39 is 0 Å². The van der Waals surface area contributed by atoms with Gasteiger partial charge in [-0.25, -0.2) is 0 Å². The molecular weight excluding hydrogens is 208 g/mol. The predicted octanol–water partition coefficient (Wildman–Crippen LogP) is 3.50. The third-order valence-electron chi connectivity index (χ3n) is 2.60. The molecule has 3 heteroatoms. The Bertz CT molecular complexity index is 416. The van der Waals surface area contributed by atoms with Crippen LogP contribution >= 0.6 is 11.6 Å². The number of nitrogens with zero attached hydrogens (tertiary/aromatic N) is 1. The molecule has 2 nitrogen and oxygen atoms in total. The van der Waals surface area contributed by atoms with Gasteiger partial charge in [-0.1, -0.05) is 32.9 Å². The molecule has 0 fully saturated rings. The van der Waals surface area contributed by atoms with Crippen LogP contribution in [0.2, 0.25) is 0 Å². The quantitative estimate of drug-likeness (QED) is 0.668. The Hall–Kier alpha value is -1.02. The maximum atomic E-state index is 5.85. The van der Waals surface area contributed by atoms with E-state index in [-0.39, 0.29) is 5.41 Å². The van der Waals surface area contributed by atoms with Gasteiger partial charge in [0.2, 0.25) is 0 Å². The van der Waals surface area contributed by atoms with Crippen molar-refractivity contribution in [1.29, 1.82) is 0 Å². The van der Waals surface area contributed by atoms with E-state index in [1.54, 1.807) is 0 Å². The zero-order valence-corrected chi connectivity index (χ0v) is 10.0. The normalized spacial score (nSPS) is 15.3. The van der Waals surface area contributed by atoms with Crippen molar-refractivity contribution >= 4 is 22.6 Å². The molecule has 0 saturated heterocycles. The molecule has 1 heterocycles. The molecule has 0 amide bonds. The number of amidine groups is 1. The highest BCUT2D eigenvalue weighted by Crippen LogP contribution is 2.32. The standard InChI is InChI=1S/C12H15ClN2/c1-12(2,3)9-5-4-6-10-8(9)7-14-11(13)15-10/h4-6H,7H2,1-3H3,(H,14,15). The summed E-state index contributed by atoms with van der Waals surface area (Å²) in [5, 5.41) is 3.57. The van der Waals surface area contributed by atoms with E-state index in [2.05, 4.69) is 43.2 Å². The number of halogens is 1. The second-order valence-electron chi connectivity index (χ2n) is 4.81. The molecule has 0 bridgehead atoms. The minimum Gasteiger partial charge on any atom is -0.330 e. The summed E-state index contributed by atoms with van der Waals surface area (Å²) in [5.74, 6) is 0. The molecule has 0 unspecified atom stereocenters. The number of aliphatic imine (C=N–C) groups is 1. The van der Waals surface area contributed by atoms with Crippen LogP contribution in [0.4, 0.5) is 5.69 Å². The first-order chi connectivity index (χ1) is 6.98. The molecule has 80 valence electrons. The van der Waals surface area contributed by atoms with Crippen LogP contribution < -0.4 is 5.32 Å². The van der Waals surface area contributed by atoms with E-state index in [4.69, 9.17) is 11.6 Å². The Labute approximate surface area is 95.4 Å². The zero-order valence-electron chi connectivity index (χ0n) is 9.26. The largest absolute Gasteiger partial charge is 0.330 e. The van der Waals surface area contributed by atoms with Gasteiger partial charge in [0.1, 0.15) is 0 Å². The van der Waals surface area contributed by atoms with Gasteiger partial charge in [0.05, 0.1) is 6.54 Å². The Morgan fingerprint density at radius 1 is 1.33 bits per heavy atom. The van der Waals surface area contributed by atoms with Gasteiger partial charge in [-0.3, -0.25) is 4.99 Å². The van der Waals surface area contributed by atoms with Gasteiger partial charge in [-0.05, 0) is 28.6 Å². The average Bonchev–Trinajstić information content (AvgIpc) is 2.15. The van der Waals surface area contributed by atoms with E-state index in [9.17, 15) is 0 Å². The highest BCUT2D eigenvalue weighted by atomic mass is 35.5. The van der Waals surface area contributed by atoms with E-state index in [1.807, 2.05) is 6.07 Å². The van der Waals surface area contributed by atoms with Crippen molar-refractivity contribution in [3.8, 4) is 0 Å². The zero-order chi connectivity index (χ0) is 11.1. The van der Waals surface area contributed by atoms with Gasteiger partial charge in [0.25, 0.3) is 0 Å². The summed E-state index contributed by atoms with van der Waals surface area (Å²) >= 11 is 5.85. The maximum absolute atomic E-state index is 5.85. The van der Waals surface area contributed by atoms with Crippen LogP contribution in [0.15, 0.2) is 23.2 Å². The van der Waals surface area contributed by atoms with Gasteiger partial charge in [0.15, 0.2) is 5.29 Å². The lowest BCUT2D eigenvalue weighted by molar-refractivity contribution is 0.583. The molecule has 1 aromatic rings. The molecule has 0 spiro atoms. The fraction of sp³-hybridized carbons (Fsp3) is 0.417. The predicted molar refractivity (Wildman–Crippen MR) is 65.8 cm³/mol. The molecule has 1 aliphatic rings. The van der Waals surface area contributed by atoms with E-state index >= 15 is 0 Å². The lowest BCUT2D eigenvalue weighted by Crippen LogP contribution is -2.19. The summed E-state index contributed by atoms with van der Waals surface area (Å²) < 4.78 is 0. The van der Waals surface area contributed by atoms with Gasteiger partial charge >= 0.3 is 0 Å². The first-order valence-electron chi connectivity index (χ1n) is 5.08. The molecule has 1 aliphatic heterocycles. The molecule has 0 radical (unpaired) electrons. The summed E-state index contributed by atoms with van der Waals surface area (Å²) in [4.78, 5) is 4.22. The van der Waals surface area contributed by atoms with E-state index in [0.717, 1.165) is 5.69 Å². The van der Waals surface area contributed by atoms with Crippen LogP contribution in [0.1, 0.15) is 31.9 Å². The van der Waals surface area contributed by atoms with Crippen molar-refractivity contribution < 1.29 is 0 Å². The Morgan fingerprint density at radius 3 is 2.73 bits per heavy atom. The van der Waals surface area contributed by atoms with Gasteiger partial charge in [-0.15, -0.1) is 0 Å². The minimum absolute atomic E-state index is 0.145. The van der Waals surface area contributed by atoms with Crippen molar-refractivity contribution in [2.24, 2.45) is 4.99 Å². The van der Waals surface area contributed by atoms with Crippen molar-refractivity contribution in [2.45, 2.75) is 32.7 Å². The Kier molecular flexibility index (Phi) is 2.47. The summed E-state index contributed by atoms with van der Waals surface area (Å²) in [7, 11) is 0. The highest BCUT2D eigenvalue weighted by Gasteiger charge is 2.21. The lowest BCUT2D eigenvalue weighted by Gasteiger charge is -2.26. The fourth-order valence-corrected chi connectivity index (χ4v) is 2.04. The third kappa shape index (κ3) is 2.00. The number of rotatable bonds is 0. The second-order valence-corrected chi connectivity index (χ2v) is 5.17. The minimum atomic E-state index is 0.145. The molecule has 0 aliphatic carbocycles. The Balaban J connectivity index is 2.51. The molecule has 2 rings (SSSR count). The first kappa shape index (κ1) is 10.5. The summed E-state index contributed by atoms with van der Waals surface area (Å²) in [5.41, 5.74) is 3.82. The topological polar surface area (TPSA) is 24.4 Å². The van der Waals surface area contributed by atoms with Crippen molar-refractivity contribution in [3.63, 3.8) is 0 Å². The number of anilines is 1. The first-order valence-corrected chi connectivity index (χ1v) is 5.45. The number of hydrogen-bond donors (Lipinski definition) is 1. The van der Waals surface area contributed by atoms with Crippen LogP contribution in [0, 0.1) is 0 Å². The number of benzene rings is 1. The third-order valence-corrected chi connectivity index (χ3v) is 2.81. The van der Waals surface area contributed by atoms with E-state index in [1.165, 1.54) is 11.1 Å². The SMILES string of the molecule is CC(C)(C)c1cccc2c1CN=C(Cl)N2. The molecular formula is C12H15ClN2. The van der Waals surface area contributed by atoms with Crippen molar-refractivity contribution in [3.05, 3.63) is 29.3 Å². The van der Waals surface area contributed by atoms with Gasteiger partial charge in [0, 0.05) is 11.3 Å². The summed E-state index contributed by atoms with van der Waals surface area (Å²) in [6.45, 7) is 7.31. The maximum Gasteiger partial charge on any atom is 0.196 e. The number of nitrogens with one attached hydrogen (secondary N) is 1. The fourth-order valence-electron chi connectivity index (χ4n) is 1.88. The van der Waals surface area contributed by atoms with Crippen LogP contribution in [0.5, 0.6) is 0 Å². The summed E-state index contributed by atoms with van der Waals surface area (Å²) in [6, 6.07) is 6.26. The molecule has 0 aromatic heterocycles. The lowest BCUT2D eigenvalue weighted by atomic mass is 9.83. The molecule has 0 saturated carbocycles. The Morgan fingerprint density at radius 2 is 2.07 bits per heavy atom. The van der Waals surface area contributed by atoms with E-state index in [0.29, 0.717) is 11.8 Å². The van der Waals surface area contributed by atoms with Crippen molar-refractivity contribution in [2.75, 3.05) is 5.32 Å². The number of fused-ring (bicyclic) bond motifs is 1. The second kappa shape index (κ2) is 3.53. The molecule has 0 atom stereocenters. The highest BCUT2D eigenvalue weighted by molar-refractivity contribution is 6.67.